The summed E-state index contributed by atoms with van der Waals surface area (Å²) in [5.74, 6) is -2.14. The highest BCUT2D eigenvalue weighted by Gasteiger charge is 2.20. The van der Waals surface area contributed by atoms with E-state index in [-0.39, 0.29) is 22.5 Å². The summed E-state index contributed by atoms with van der Waals surface area (Å²) < 4.78 is 32.3. The summed E-state index contributed by atoms with van der Waals surface area (Å²) in [7, 11) is 0. The minimum Gasteiger partial charge on any atom is -0.447 e. The normalized spacial score (nSPS) is 10.5. The van der Waals surface area contributed by atoms with Crippen LogP contribution in [0.3, 0.4) is 0 Å². The summed E-state index contributed by atoms with van der Waals surface area (Å²) in [6.07, 6.45) is 0. The van der Waals surface area contributed by atoms with E-state index < -0.39 is 22.2 Å². The average molecular weight is 359 g/mol. The van der Waals surface area contributed by atoms with Gasteiger partial charge in [-0.3, -0.25) is 10.1 Å². The lowest BCUT2D eigenvalue weighted by molar-refractivity contribution is -0.385. The molecular weight excluding hydrogens is 350 g/mol. The van der Waals surface area contributed by atoms with Crippen LogP contribution in [0.1, 0.15) is 5.56 Å². The topological polar surface area (TPSA) is 78.4 Å². The minimum absolute atomic E-state index is 0.0829. The first-order chi connectivity index (χ1) is 9.92. The molecule has 0 saturated heterocycles. The smallest absolute Gasteiger partial charge is 0.312 e. The van der Waals surface area contributed by atoms with Crippen LogP contribution in [0.25, 0.3) is 0 Å². The maximum Gasteiger partial charge on any atom is 0.312 e. The van der Waals surface area contributed by atoms with E-state index in [0.29, 0.717) is 5.56 Å². The summed E-state index contributed by atoms with van der Waals surface area (Å²) in [5, 5.41) is 10.9. The van der Waals surface area contributed by atoms with Crippen LogP contribution in [0.4, 0.5) is 14.5 Å². The van der Waals surface area contributed by atoms with Gasteiger partial charge in [0.2, 0.25) is 5.75 Å². The highest BCUT2D eigenvalue weighted by Crippen LogP contribution is 2.36. The number of nitrogens with zero attached hydrogens (tertiary/aromatic N) is 1. The first kappa shape index (κ1) is 15.3. The molecule has 2 rings (SSSR count). The summed E-state index contributed by atoms with van der Waals surface area (Å²) >= 11 is 2.84. The van der Waals surface area contributed by atoms with Crippen molar-refractivity contribution in [2.45, 2.75) is 6.54 Å². The van der Waals surface area contributed by atoms with Gasteiger partial charge in [0.1, 0.15) is 5.82 Å². The number of halogens is 3. The van der Waals surface area contributed by atoms with E-state index in [1.54, 1.807) is 0 Å². The molecule has 0 aliphatic rings. The fourth-order valence-electron chi connectivity index (χ4n) is 1.62. The molecule has 0 radical (unpaired) electrons. The number of ether oxygens (including phenoxy) is 1. The SMILES string of the molecule is NCc1ccc(Oc2cc(F)c(Br)cc2[N+](=O)[O-])c(F)c1. The zero-order valence-electron chi connectivity index (χ0n) is 10.5. The molecule has 0 fully saturated rings. The van der Waals surface area contributed by atoms with E-state index in [9.17, 15) is 18.9 Å². The second-order valence-corrected chi connectivity index (χ2v) is 4.92. The number of hydrogen-bond donors (Lipinski definition) is 1. The Bertz CT molecular complexity index is 710. The van der Waals surface area contributed by atoms with Crippen molar-refractivity contribution in [3.8, 4) is 11.5 Å². The van der Waals surface area contributed by atoms with Crippen molar-refractivity contribution < 1.29 is 18.4 Å². The van der Waals surface area contributed by atoms with Crippen LogP contribution in [0.2, 0.25) is 0 Å². The van der Waals surface area contributed by atoms with Crippen molar-refractivity contribution in [3.05, 3.63) is 62.1 Å². The Balaban J connectivity index is 2.43. The molecule has 0 aliphatic carbocycles. The first-order valence-corrected chi connectivity index (χ1v) is 6.51. The van der Waals surface area contributed by atoms with E-state index >= 15 is 0 Å². The summed E-state index contributed by atoms with van der Waals surface area (Å²) in [6.45, 7) is 0.143. The van der Waals surface area contributed by atoms with E-state index in [1.165, 1.54) is 12.1 Å². The average Bonchev–Trinajstić information content (AvgIpc) is 2.44. The van der Waals surface area contributed by atoms with E-state index in [4.69, 9.17) is 10.5 Å². The molecule has 2 N–H and O–H groups in total. The predicted octanol–water partition coefficient (Wildman–Crippen LogP) is 3.89. The van der Waals surface area contributed by atoms with Gasteiger partial charge < -0.3 is 10.5 Å². The Labute approximate surface area is 126 Å². The van der Waals surface area contributed by atoms with Gasteiger partial charge in [-0.2, -0.15) is 0 Å². The molecule has 0 aromatic heterocycles. The number of rotatable bonds is 4. The third kappa shape index (κ3) is 3.34. The molecule has 0 heterocycles. The van der Waals surface area contributed by atoms with Crippen LogP contribution in [0, 0.1) is 21.7 Å². The Hall–Kier alpha value is -2.06. The van der Waals surface area contributed by atoms with Gasteiger partial charge in [-0.15, -0.1) is 0 Å². The number of nitro benzene ring substituents is 1. The van der Waals surface area contributed by atoms with Gasteiger partial charge >= 0.3 is 5.69 Å². The lowest BCUT2D eigenvalue weighted by Crippen LogP contribution is -1.99. The summed E-state index contributed by atoms with van der Waals surface area (Å²) in [6, 6.07) is 5.71. The van der Waals surface area contributed by atoms with Gasteiger partial charge in [0, 0.05) is 18.7 Å². The molecule has 0 bridgehead atoms. The zero-order chi connectivity index (χ0) is 15.6. The summed E-state index contributed by atoms with van der Waals surface area (Å²) in [4.78, 5) is 10.2. The molecule has 0 amide bonds. The molecule has 8 heteroatoms. The second-order valence-electron chi connectivity index (χ2n) is 4.06. The lowest BCUT2D eigenvalue weighted by atomic mass is 10.2. The lowest BCUT2D eigenvalue weighted by Gasteiger charge is -2.09. The standard InChI is InChI=1S/C13H9BrF2N2O3/c14-8-4-11(18(19)20)13(5-9(8)15)21-12-2-1-7(6-17)3-10(12)16/h1-5H,6,17H2. The van der Waals surface area contributed by atoms with Crippen LogP contribution in [-0.2, 0) is 6.54 Å². The van der Waals surface area contributed by atoms with Crippen LogP contribution in [0.5, 0.6) is 11.5 Å². The largest absolute Gasteiger partial charge is 0.447 e. The highest BCUT2D eigenvalue weighted by atomic mass is 79.9. The Morgan fingerprint density at radius 2 is 1.90 bits per heavy atom. The minimum atomic E-state index is -0.755. The first-order valence-electron chi connectivity index (χ1n) is 5.72. The van der Waals surface area contributed by atoms with Gasteiger partial charge in [-0.1, -0.05) is 6.07 Å². The Morgan fingerprint density at radius 3 is 2.48 bits per heavy atom. The van der Waals surface area contributed by atoms with E-state index in [2.05, 4.69) is 15.9 Å². The maximum atomic E-state index is 13.8. The second kappa shape index (κ2) is 6.15. The molecular formula is C13H9BrF2N2O3. The molecule has 110 valence electrons. The Kier molecular flexibility index (Phi) is 4.49. The molecule has 2 aromatic carbocycles. The van der Waals surface area contributed by atoms with Crippen LogP contribution in [0.15, 0.2) is 34.8 Å². The highest BCUT2D eigenvalue weighted by molar-refractivity contribution is 9.10. The quantitative estimate of drug-likeness (QED) is 0.664. The van der Waals surface area contributed by atoms with Gasteiger partial charge in [0.05, 0.1) is 9.40 Å². The molecule has 5 nitrogen and oxygen atoms in total. The van der Waals surface area contributed by atoms with Crippen molar-refractivity contribution >= 4 is 21.6 Å². The van der Waals surface area contributed by atoms with Crippen molar-refractivity contribution in [1.29, 1.82) is 0 Å². The van der Waals surface area contributed by atoms with Crippen molar-refractivity contribution in [1.82, 2.24) is 0 Å². The molecule has 0 unspecified atom stereocenters. The van der Waals surface area contributed by atoms with Gasteiger partial charge in [0.15, 0.2) is 11.6 Å². The van der Waals surface area contributed by atoms with Crippen molar-refractivity contribution in [3.63, 3.8) is 0 Å². The van der Waals surface area contributed by atoms with E-state index in [0.717, 1.165) is 18.2 Å². The van der Waals surface area contributed by atoms with Crippen LogP contribution < -0.4 is 10.5 Å². The third-order valence-corrected chi connectivity index (χ3v) is 3.26. The van der Waals surface area contributed by atoms with Crippen LogP contribution >= 0.6 is 15.9 Å². The van der Waals surface area contributed by atoms with Gasteiger partial charge in [-0.05, 0) is 33.6 Å². The number of nitrogens with two attached hydrogens (primary N) is 1. The third-order valence-electron chi connectivity index (χ3n) is 2.65. The number of nitro groups is 1. The maximum absolute atomic E-state index is 13.8. The number of benzene rings is 2. The van der Waals surface area contributed by atoms with E-state index in [1.807, 2.05) is 0 Å². The van der Waals surface area contributed by atoms with Gasteiger partial charge in [-0.25, -0.2) is 8.78 Å². The van der Waals surface area contributed by atoms with Crippen molar-refractivity contribution in [2.75, 3.05) is 0 Å². The molecule has 21 heavy (non-hydrogen) atoms. The predicted molar refractivity (Wildman–Crippen MR) is 75.1 cm³/mol. The monoisotopic (exact) mass is 358 g/mol. The molecule has 2 aromatic rings. The molecule has 0 saturated carbocycles. The number of hydrogen-bond acceptors (Lipinski definition) is 4. The van der Waals surface area contributed by atoms with Gasteiger partial charge in [0.25, 0.3) is 0 Å². The Morgan fingerprint density at radius 1 is 1.19 bits per heavy atom. The molecule has 0 atom stereocenters. The summed E-state index contributed by atoms with van der Waals surface area (Å²) in [5.41, 5.74) is 5.43. The molecule has 0 aliphatic heterocycles. The van der Waals surface area contributed by atoms with Crippen LogP contribution in [-0.4, -0.2) is 4.92 Å². The van der Waals surface area contributed by atoms with Crippen molar-refractivity contribution in [2.24, 2.45) is 5.73 Å². The fraction of sp³-hybridized carbons (Fsp3) is 0.0769. The fourth-order valence-corrected chi connectivity index (χ4v) is 1.95. The molecule has 0 spiro atoms. The zero-order valence-corrected chi connectivity index (χ0v) is 12.1.